The average Bonchev–Trinajstić information content (AvgIpc) is 3.15. The highest BCUT2D eigenvalue weighted by Crippen LogP contribution is 2.28. The van der Waals surface area contributed by atoms with Crippen molar-refractivity contribution in [3.8, 4) is 11.3 Å². The predicted molar refractivity (Wildman–Crippen MR) is 118 cm³/mol. The van der Waals surface area contributed by atoms with Crippen molar-refractivity contribution in [3.63, 3.8) is 0 Å². The van der Waals surface area contributed by atoms with Gasteiger partial charge >= 0.3 is 0 Å². The third-order valence-corrected chi connectivity index (χ3v) is 5.61. The molecule has 0 spiro atoms. The molecule has 0 radical (unpaired) electrons. The molecular weight excluding hydrogens is 432 g/mol. The molecule has 2 aromatic heterocycles. The van der Waals surface area contributed by atoms with Crippen LogP contribution in [0.2, 0.25) is 0 Å². The van der Waals surface area contributed by atoms with Crippen LogP contribution in [0.25, 0.3) is 11.3 Å². The molecule has 6 heteroatoms. The number of halogens is 1. The third kappa shape index (κ3) is 4.35. The highest BCUT2D eigenvalue weighted by atomic mass is 79.9. The number of nitrogens with zero attached hydrogens (tertiary/aromatic N) is 4. The van der Waals surface area contributed by atoms with E-state index in [4.69, 9.17) is 10.1 Å². The van der Waals surface area contributed by atoms with Crippen LogP contribution < -0.4 is 4.80 Å². The van der Waals surface area contributed by atoms with Gasteiger partial charge in [0.2, 0.25) is 4.80 Å². The molecule has 0 amide bonds. The SMILES string of the molecule is Brc1ccccc1-c1csc(=NCc2ccccc2)n1N=Cc1ccccn1. The number of pyridine rings is 1. The Labute approximate surface area is 175 Å². The van der Waals surface area contributed by atoms with Crippen molar-refractivity contribution < 1.29 is 0 Å². The molecule has 0 saturated heterocycles. The molecule has 0 aliphatic heterocycles. The molecular formula is C22H17BrN4S. The molecule has 0 aliphatic carbocycles. The lowest BCUT2D eigenvalue weighted by molar-refractivity contribution is 0.823. The molecule has 4 rings (SSSR count). The summed E-state index contributed by atoms with van der Waals surface area (Å²) < 4.78 is 2.90. The molecule has 28 heavy (non-hydrogen) atoms. The van der Waals surface area contributed by atoms with E-state index in [0.29, 0.717) is 6.54 Å². The van der Waals surface area contributed by atoms with Gasteiger partial charge in [0.05, 0.1) is 24.1 Å². The van der Waals surface area contributed by atoms with Gasteiger partial charge in [-0.3, -0.25) is 9.98 Å². The van der Waals surface area contributed by atoms with Crippen LogP contribution in [0.3, 0.4) is 0 Å². The average molecular weight is 449 g/mol. The van der Waals surface area contributed by atoms with Gasteiger partial charge in [0.1, 0.15) is 0 Å². The van der Waals surface area contributed by atoms with E-state index in [0.717, 1.165) is 26.2 Å². The van der Waals surface area contributed by atoms with Gasteiger partial charge in [-0.15, -0.1) is 11.3 Å². The second-order valence-electron chi connectivity index (χ2n) is 6.00. The molecule has 0 saturated carbocycles. The van der Waals surface area contributed by atoms with Crippen molar-refractivity contribution in [1.82, 2.24) is 9.66 Å². The van der Waals surface area contributed by atoms with Crippen molar-refractivity contribution in [2.24, 2.45) is 10.1 Å². The second kappa shape index (κ2) is 8.91. The molecule has 138 valence electrons. The summed E-state index contributed by atoms with van der Waals surface area (Å²) >= 11 is 5.22. The molecule has 4 nitrogen and oxygen atoms in total. The fourth-order valence-electron chi connectivity index (χ4n) is 2.69. The fourth-order valence-corrected chi connectivity index (χ4v) is 4.00. The number of hydrogen-bond acceptors (Lipinski definition) is 4. The lowest BCUT2D eigenvalue weighted by Gasteiger charge is -2.05. The number of thiazole rings is 1. The van der Waals surface area contributed by atoms with Crippen molar-refractivity contribution >= 4 is 33.5 Å². The molecule has 2 aromatic carbocycles. The van der Waals surface area contributed by atoms with Gasteiger partial charge < -0.3 is 0 Å². The lowest BCUT2D eigenvalue weighted by Crippen LogP contribution is -2.12. The summed E-state index contributed by atoms with van der Waals surface area (Å²) in [4.78, 5) is 9.95. The van der Waals surface area contributed by atoms with E-state index in [2.05, 4.69) is 44.5 Å². The number of aromatic nitrogens is 2. The van der Waals surface area contributed by atoms with Gasteiger partial charge in [0.15, 0.2) is 0 Å². The van der Waals surface area contributed by atoms with Crippen molar-refractivity contribution in [2.45, 2.75) is 6.54 Å². The molecule has 0 unspecified atom stereocenters. The molecule has 0 fully saturated rings. The Balaban J connectivity index is 1.78. The van der Waals surface area contributed by atoms with E-state index < -0.39 is 0 Å². The van der Waals surface area contributed by atoms with Gasteiger partial charge in [0, 0.05) is 21.6 Å². The van der Waals surface area contributed by atoms with Crippen LogP contribution in [-0.2, 0) is 6.54 Å². The highest BCUT2D eigenvalue weighted by Gasteiger charge is 2.10. The highest BCUT2D eigenvalue weighted by molar-refractivity contribution is 9.10. The van der Waals surface area contributed by atoms with E-state index in [1.807, 2.05) is 59.3 Å². The Hall–Kier alpha value is -2.83. The van der Waals surface area contributed by atoms with E-state index >= 15 is 0 Å². The van der Waals surface area contributed by atoms with Gasteiger partial charge in [-0.05, 0) is 23.8 Å². The second-order valence-corrected chi connectivity index (χ2v) is 7.69. The Morgan fingerprint density at radius 1 is 0.964 bits per heavy atom. The third-order valence-electron chi connectivity index (χ3n) is 4.07. The fraction of sp³-hybridized carbons (Fsp3) is 0.0455. The molecule has 0 atom stereocenters. The van der Waals surface area contributed by atoms with Gasteiger partial charge in [-0.25, -0.2) is 4.68 Å². The topological polar surface area (TPSA) is 42.5 Å². The number of benzene rings is 2. The minimum Gasteiger partial charge on any atom is -0.255 e. The van der Waals surface area contributed by atoms with E-state index in [9.17, 15) is 0 Å². The zero-order valence-corrected chi connectivity index (χ0v) is 17.3. The van der Waals surface area contributed by atoms with Crippen molar-refractivity contribution in [1.29, 1.82) is 0 Å². The molecule has 0 aliphatic rings. The summed E-state index contributed by atoms with van der Waals surface area (Å²) in [6.07, 6.45) is 3.52. The van der Waals surface area contributed by atoms with Crippen LogP contribution in [0.5, 0.6) is 0 Å². The zero-order valence-electron chi connectivity index (χ0n) is 14.9. The van der Waals surface area contributed by atoms with E-state index in [1.165, 1.54) is 5.56 Å². The van der Waals surface area contributed by atoms with Crippen LogP contribution in [0.15, 0.2) is 98.9 Å². The minimum absolute atomic E-state index is 0.607. The van der Waals surface area contributed by atoms with Gasteiger partial charge in [-0.1, -0.05) is 70.5 Å². The maximum atomic E-state index is 4.80. The van der Waals surface area contributed by atoms with E-state index in [-0.39, 0.29) is 0 Å². The summed E-state index contributed by atoms with van der Waals surface area (Å²) in [6.45, 7) is 0.607. The quantitative estimate of drug-likeness (QED) is 0.379. The maximum absolute atomic E-state index is 4.80. The summed E-state index contributed by atoms with van der Waals surface area (Å²) in [6, 6.07) is 24.1. The minimum atomic E-state index is 0.607. The largest absolute Gasteiger partial charge is 0.255 e. The Morgan fingerprint density at radius 2 is 1.75 bits per heavy atom. The number of rotatable bonds is 5. The first-order chi connectivity index (χ1) is 13.8. The lowest BCUT2D eigenvalue weighted by atomic mass is 10.2. The van der Waals surface area contributed by atoms with Crippen molar-refractivity contribution in [2.75, 3.05) is 0 Å². The zero-order chi connectivity index (χ0) is 19.2. The number of hydrogen-bond donors (Lipinski definition) is 0. The van der Waals surface area contributed by atoms with Crippen LogP contribution >= 0.6 is 27.3 Å². The van der Waals surface area contributed by atoms with Crippen LogP contribution in [0, 0.1) is 0 Å². The predicted octanol–water partition coefficient (Wildman–Crippen LogP) is 5.36. The molecule has 0 N–H and O–H groups in total. The summed E-state index contributed by atoms with van der Waals surface area (Å²) in [7, 11) is 0. The van der Waals surface area contributed by atoms with Crippen LogP contribution in [-0.4, -0.2) is 15.9 Å². The maximum Gasteiger partial charge on any atom is 0.206 e. The summed E-state index contributed by atoms with van der Waals surface area (Å²) in [5.41, 5.74) is 4.02. The van der Waals surface area contributed by atoms with Gasteiger partial charge in [0.25, 0.3) is 0 Å². The standard InChI is InChI=1S/C22H17BrN4S/c23-20-12-5-4-11-19(20)21-16-28-22(25-14-17-8-2-1-3-9-17)27(21)26-15-18-10-6-7-13-24-18/h1-13,15-16H,14H2. The Kier molecular flexibility index (Phi) is 5.89. The normalized spacial score (nSPS) is 12.0. The molecule has 0 bridgehead atoms. The first-order valence-electron chi connectivity index (χ1n) is 8.76. The van der Waals surface area contributed by atoms with Gasteiger partial charge in [-0.2, -0.15) is 5.10 Å². The van der Waals surface area contributed by atoms with E-state index in [1.54, 1.807) is 23.7 Å². The first kappa shape index (κ1) is 18.5. The monoisotopic (exact) mass is 448 g/mol. The van der Waals surface area contributed by atoms with Crippen LogP contribution in [0.1, 0.15) is 11.3 Å². The summed E-state index contributed by atoms with van der Waals surface area (Å²) in [5, 5.41) is 6.77. The molecule has 4 aromatic rings. The van der Waals surface area contributed by atoms with Crippen LogP contribution in [0.4, 0.5) is 0 Å². The first-order valence-corrected chi connectivity index (χ1v) is 10.4. The smallest absolute Gasteiger partial charge is 0.206 e. The Morgan fingerprint density at radius 3 is 2.54 bits per heavy atom. The molecule has 2 heterocycles. The van der Waals surface area contributed by atoms with Crippen molar-refractivity contribution in [3.05, 3.63) is 105 Å². The Bertz CT molecular complexity index is 1150. The summed E-state index contributed by atoms with van der Waals surface area (Å²) in [5.74, 6) is 0.